The van der Waals surface area contributed by atoms with Crippen molar-refractivity contribution in [3.8, 4) is 0 Å². The molecule has 0 amide bonds. The molecule has 0 N–H and O–H groups in total. The average Bonchev–Trinajstić information content (AvgIpc) is 2.30. The molecule has 0 aromatic rings. The Labute approximate surface area is 125 Å². The van der Waals surface area contributed by atoms with E-state index in [1.807, 2.05) is 0 Å². The van der Waals surface area contributed by atoms with Crippen LogP contribution in [0.5, 0.6) is 0 Å². The zero-order valence-corrected chi connectivity index (χ0v) is 14.6. The maximum Gasteiger partial charge on any atom is 0.106 e. The number of hydrogen-bond acceptors (Lipinski definition) is 3. The molecule has 17 heavy (non-hydrogen) atoms. The molecule has 0 aliphatic heterocycles. The molecule has 0 heterocycles. The summed E-state index contributed by atoms with van der Waals surface area (Å²) in [4.78, 5) is 0. The molecule has 0 nitrogen and oxygen atoms in total. The topological polar surface area (TPSA) is 0 Å². The van der Waals surface area contributed by atoms with E-state index in [0.717, 1.165) is 10.5 Å². The highest BCUT2D eigenvalue weighted by molar-refractivity contribution is 9.20. The summed E-state index contributed by atoms with van der Waals surface area (Å²) in [6, 6.07) is 0. The van der Waals surface area contributed by atoms with Gasteiger partial charge in [0.25, 0.3) is 0 Å². The lowest BCUT2D eigenvalue weighted by Gasteiger charge is -2.29. The quantitative estimate of drug-likeness (QED) is 0.478. The molecular weight excluding hydrogens is 303 g/mol. The lowest BCUT2D eigenvalue weighted by molar-refractivity contribution is 0.517. The Morgan fingerprint density at radius 1 is 0.765 bits per heavy atom. The van der Waals surface area contributed by atoms with E-state index in [0.29, 0.717) is 0 Å². The van der Waals surface area contributed by atoms with Crippen LogP contribution in [-0.4, -0.2) is 10.5 Å². The fraction of sp³-hybridized carbons (Fsp3) is 1.00. The second-order valence-electron chi connectivity index (χ2n) is 5.20. The molecule has 0 aromatic carbocycles. The van der Waals surface area contributed by atoms with Crippen molar-refractivity contribution in [1.82, 2.24) is 0 Å². The van der Waals surface area contributed by atoms with Crippen molar-refractivity contribution in [3.05, 3.63) is 0 Å². The van der Waals surface area contributed by atoms with Gasteiger partial charge in [0, 0.05) is 10.5 Å². The molecule has 0 unspecified atom stereocenters. The summed E-state index contributed by atoms with van der Waals surface area (Å²) in [5.74, 6) is 0. The maximum absolute atomic E-state index is 5.81. The van der Waals surface area contributed by atoms with Crippen molar-refractivity contribution in [1.29, 1.82) is 0 Å². The third kappa shape index (κ3) is 5.69. The molecule has 2 rings (SSSR count). The molecule has 2 fully saturated rings. The van der Waals surface area contributed by atoms with E-state index < -0.39 is 3.64 Å². The minimum absolute atomic E-state index is 0.822. The second kappa shape index (κ2) is 7.47. The summed E-state index contributed by atoms with van der Waals surface area (Å²) in [6.45, 7) is 0. The molecule has 2 saturated carbocycles. The van der Waals surface area contributed by atoms with E-state index in [9.17, 15) is 0 Å². The van der Waals surface area contributed by atoms with Gasteiger partial charge in [-0.3, -0.25) is 0 Å². The van der Waals surface area contributed by atoms with Gasteiger partial charge in [0.1, 0.15) is 3.64 Å². The number of rotatable bonds is 4. The third-order valence-electron chi connectivity index (χ3n) is 3.67. The van der Waals surface area contributed by atoms with Crippen LogP contribution in [-0.2, 0) is 11.8 Å². The Morgan fingerprint density at radius 2 is 1.12 bits per heavy atom. The van der Waals surface area contributed by atoms with Crippen LogP contribution in [0.3, 0.4) is 0 Å². The average molecular weight is 327 g/mol. The summed E-state index contributed by atoms with van der Waals surface area (Å²) >= 11 is 14.8. The van der Waals surface area contributed by atoms with E-state index in [2.05, 4.69) is 22.8 Å². The highest BCUT2D eigenvalue weighted by Gasteiger charge is 2.26. The lowest BCUT2D eigenvalue weighted by Crippen LogP contribution is -2.09. The predicted molar refractivity (Wildman–Crippen MR) is 92.2 cm³/mol. The van der Waals surface area contributed by atoms with Gasteiger partial charge in [0.05, 0.1) is 0 Å². The van der Waals surface area contributed by atoms with Crippen molar-refractivity contribution < 1.29 is 0 Å². The summed E-state index contributed by atoms with van der Waals surface area (Å²) < 4.78 is -1.47. The van der Waals surface area contributed by atoms with Gasteiger partial charge < -0.3 is 0 Å². The first-order chi connectivity index (χ1) is 8.16. The molecule has 0 atom stereocenters. The van der Waals surface area contributed by atoms with Crippen LogP contribution in [0.2, 0.25) is 0 Å². The van der Waals surface area contributed by atoms with E-state index >= 15 is 0 Å². The first kappa shape index (κ1) is 15.1. The van der Waals surface area contributed by atoms with Crippen LogP contribution < -0.4 is 0 Å². The number of thiol groups is 1. The largest absolute Gasteiger partial charge is 0.121 e. The van der Waals surface area contributed by atoms with E-state index in [1.54, 1.807) is 0 Å². The summed E-state index contributed by atoms with van der Waals surface area (Å²) in [7, 11) is 0. The van der Waals surface area contributed by atoms with Crippen molar-refractivity contribution in [2.75, 3.05) is 0 Å². The maximum atomic E-state index is 5.81. The minimum Gasteiger partial charge on any atom is -0.121 e. The van der Waals surface area contributed by atoms with E-state index in [1.165, 1.54) is 64.2 Å². The Balaban J connectivity index is 1.78. The van der Waals surface area contributed by atoms with Gasteiger partial charge in [0.15, 0.2) is 0 Å². The van der Waals surface area contributed by atoms with E-state index in [4.69, 9.17) is 24.1 Å². The van der Waals surface area contributed by atoms with Gasteiger partial charge in [0.2, 0.25) is 0 Å². The summed E-state index contributed by atoms with van der Waals surface area (Å²) in [5.41, 5.74) is 0. The van der Waals surface area contributed by atoms with Crippen LogP contribution in [0.4, 0.5) is 0 Å². The van der Waals surface area contributed by atoms with Gasteiger partial charge >= 0.3 is 0 Å². The predicted octanol–water partition coefficient (Wildman–Crippen LogP) is 6.27. The second-order valence-corrected chi connectivity index (χ2v) is 20.4. The SMILES string of the molecule is S=P(S)(SC1CCCCC1)SC1CCCCC1. The molecule has 2 aliphatic rings. The normalized spacial score (nSPS) is 25.0. The van der Waals surface area contributed by atoms with Crippen molar-refractivity contribution in [2.45, 2.75) is 74.7 Å². The number of hydrogen-bond donors (Lipinski definition) is 1. The van der Waals surface area contributed by atoms with Gasteiger partial charge in [-0.2, -0.15) is 0 Å². The molecule has 0 aromatic heterocycles. The Hall–Kier alpha value is 1.70. The van der Waals surface area contributed by atoms with Gasteiger partial charge in [-0.1, -0.05) is 50.3 Å². The zero-order valence-electron chi connectivity index (χ0n) is 10.3. The highest BCUT2D eigenvalue weighted by Crippen LogP contribution is 2.76. The molecule has 0 spiro atoms. The Bertz CT molecular complexity index is 246. The first-order valence-electron chi connectivity index (χ1n) is 6.85. The standard InChI is InChI=1S/C12H23PS4/c14-13(15,16-11-7-3-1-4-8-11)17-12-9-5-2-6-10-12/h11-12H,1-10H2,(H,14,15). The monoisotopic (exact) mass is 326 g/mol. The van der Waals surface area contributed by atoms with E-state index in [-0.39, 0.29) is 0 Å². The van der Waals surface area contributed by atoms with Crippen LogP contribution in [0, 0.1) is 0 Å². The van der Waals surface area contributed by atoms with Gasteiger partial charge in [-0.25, -0.2) is 0 Å². The third-order valence-corrected chi connectivity index (χ3v) is 13.9. The zero-order chi connectivity index (χ0) is 12.1. The fourth-order valence-corrected chi connectivity index (χ4v) is 15.5. The summed E-state index contributed by atoms with van der Waals surface area (Å²) in [5, 5.41) is 1.64. The first-order valence-corrected chi connectivity index (χ1v) is 13.8. The Morgan fingerprint density at radius 3 is 1.47 bits per heavy atom. The molecule has 5 heteroatoms. The van der Waals surface area contributed by atoms with Gasteiger partial charge in [-0.15, -0.1) is 35.0 Å². The van der Waals surface area contributed by atoms with Crippen LogP contribution in [0.15, 0.2) is 0 Å². The minimum atomic E-state index is -1.47. The lowest BCUT2D eigenvalue weighted by atomic mass is 10.0. The van der Waals surface area contributed by atoms with Crippen molar-refractivity contribution in [3.63, 3.8) is 0 Å². The highest BCUT2D eigenvalue weighted by atomic mass is 33.5. The van der Waals surface area contributed by atoms with Crippen LogP contribution >= 0.6 is 38.7 Å². The smallest absolute Gasteiger partial charge is 0.106 e. The summed E-state index contributed by atoms with van der Waals surface area (Å²) in [6.07, 6.45) is 14.0. The van der Waals surface area contributed by atoms with Crippen molar-refractivity contribution >= 4 is 50.5 Å². The fourth-order valence-electron chi connectivity index (χ4n) is 2.74. The molecule has 0 radical (unpaired) electrons. The van der Waals surface area contributed by atoms with Gasteiger partial charge in [-0.05, 0) is 25.7 Å². The molecular formula is C12H23PS4. The van der Waals surface area contributed by atoms with Crippen molar-refractivity contribution in [2.24, 2.45) is 0 Å². The molecule has 0 saturated heterocycles. The molecule has 100 valence electrons. The Kier molecular flexibility index (Phi) is 6.64. The van der Waals surface area contributed by atoms with Crippen LogP contribution in [0.25, 0.3) is 0 Å². The molecule has 2 aliphatic carbocycles. The molecule has 0 bridgehead atoms. The van der Waals surface area contributed by atoms with Crippen LogP contribution in [0.1, 0.15) is 64.2 Å².